The SMILES string of the molecule is CSc1ccc(-c2ccc3c(c2)C[C@H](CNC(=O)[C@@H]2CCOC(C)(C)C2)O3)cc1. The van der Waals surface area contributed by atoms with Crippen LogP contribution in [0.2, 0.25) is 0 Å². The minimum Gasteiger partial charge on any atom is -0.488 e. The number of hydrogen-bond acceptors (Lipinski definition) is 4. The van der Waals surface area contributed by atoms with Gasteiger partial charge in [-0.25, -0.2) is 0 Å². The summed E-state index contributed by atoms with van der Waals surface area (Å²) in [6.07, 6.45) is 4.47. The van der Waals surface area contributed by atoms with Crippen LogP contribution in [0.5, 0.6) is 5.75 Å². The lowest BCUT2D eigenvalue weighted by atomic mass is 9.88. The number of carbonyl (C=O) groups is 1. The Labute approximate surface area is 177 Å². The van der Waals surface area contributed by atoms with Crippen molar-refractivity contribution in [1.82, 2.24) is 5.32 Å². The summed E-state index contributed by atoms with van der Waals surface area (Å²) in [6, 6.07) is 15.0. The smallest absolute Gasteiger partial charge is 0.223 e. The third-order valence-corrected chi connectivity index (χ3v) is 6.54. The number of nitrogens with one attached hydrogen (secondary N) is 1. The molecule has 0 saturated carbocycles. The van der Waals surface area contributed by atoms with Gasteiger partial charge in [0.1, 0.15) is 11.9 Å². The van der Waals surface area contributed by atoms with Crippen LogP contribution in [0.1, 0.15) is 32.3 Å². The van der Waals surface area contributed by atoms with E-state index in [4.69, 9.17) is 9.47 Å². The lowest BCUT2D eigenvalue weighted by Gasteiger charge is -2.34. The van der Waals surface area contributed by atoms with Gasteiger partial charge in [-0.05, 0) is 73.9 Å². The van der Waals surface area contributed by atoms with Gasteiger partial charge in [-0.15, -0.1) is 11.8 Å². The molecular weight excluding hydrogens is 382 g/mol. The van der Waals surface area contributed by atoms with Gasteiger partial charge in [0.05, 0.1) is 12.1 Å². The third kappa shape index (κ3) is 4.78. The number of thioether (sulfide) groups is 1. The van der Waals surface area contributed by atoms with Crippen LogP contribution in [0.3, 0.4) is 0 Å². The van der Waals surface area contributed by atoms with Crippen LogP contribution >= 0.6 is 11.8 Å². The molecule has 0 unspecified atom stereocenters. The van der Waals surface area contributed by atoms with E-state index in [1.54, 1.807) is 11.8 Å². The van der Waals surface area contributed by atoms with E-state index in [1.165, 1.54) is 21.6 Å². The average molecular weight is 412 g/mol. The van der Waals surface area contributed by atoms with Crippen molar-refractivity contribution in [2.75, 3.05) is 19.4 Å². The molecule has 2 aliphatic rings. The van der Waals surface area contributed by atoms with Gasteiger partial charge in [0.2, 0.25) is 5.91 Å². The maximum atomic E-state index is 12.6. The molecule has 0 aliphatic carbocycles. The molecule has 29 heavy (non-hydrogen) atoms. The summed E-state index contributed by atoms with van der Waals surface area (Å²) >= 11 is 1.75. The molecule has 0 spiro atoms. The number of ether oxygens (including phenoxy) is 2. The Morgan fingerprint density at radius 2 is 1.93 bits per heavy atom. The standard InChI is InChI=1S/C24H29NO3S/c1-24(2)14-18(10-11-27-24)23(26)25-15-20-13-19-12-17(6-9-22(19)28-20)16-4-7-21(29-3)8-5-16/h4-9,12,18,20H,10-11,13-15H2,1-3H3,(H,25,26)/t18-,20-/m1/s1. The molecule has 2 heterocycles. The fraction of sp³-hybridized carbons (Fsp3) is 0.458. The van der Waals surface area contributed by atoms with E-state index in [2.05, 4.69) is 67.9 Å². The summed E-state index contributed by atoms with van der Waals surface area (Å²) in [5.41, 5.74) is 3.41. The Morgan fingerprint density at radius 1 is 1.17 bits per heavy atom. The first-order valence-corrected chi connectivity index (χ1v) is 11.5. The van der Waals surface area contributed by atoms with Gasteiger partial charge in [0.25, 0.3) is 0 Å². The van der Waals surface area contributed by atoms with Crippen LogP contribution < -0.4 is 10.1 Å². The van der Waals surface area contributed by atoms with Crippen LogP contribution in [0.15, 0.2) is 47.4 Å². The molecule has 2 aromatic rings. The monoisotopic (exact) mass is 411 g/mol. The fourth-order valence-electron chi connectivity index (χ4n) is 4.21. The van der Waals surface area contributed by atoms with Crippen molar-refractivity contribution in [3.05, 3.63) is 48.0 Å². The first-order chi connectivity index (χ1) is 13.9. The third-order valence-electron chi connectivity index (χ3n) is 5.80. The summed E-state index contributed by atoms with van der Waals surface area (Å²) in [4.78, 5) is 13.8. The molecule has 2 aliphatic heterocycles. The summed E-state index contributed by atoms with van der Waals surface area (Å²) < 4.78 is 11.8. The second kappa shape index (κ2) is 8.41. The first-order valence-electron chi connectivity index (χ1n) is 10.3. The lowest BCUT2D eigenvalue weighted by molar-refractivity contribution is -0.135. The molecule has 0 radical (unpaired) electrons. The second-order valence-electron chi connectivity index (χ2n) is 8.54. The minimum absolute atomic E-state index is 0.00378. The van der Waals surface area contributed by atoms with Crippen LogP contribution in [0.25, 0.3) is 11.1 Å². The van der Waals surface area contributed by atoms with Crippen LogP contribution in [0, 0.1) is 5.92 Å². The molecule has 1 saturated heterocycles. The van der Waals surface area contributed by atoms with Crippen molar-refractivity contribution >= 4 is 17.7 Å². The molecule has 1 amide bonds. The van der Waals surface area contributed by atoms with Crippen molar-refractivity contribution < 1.29 is 14.3 Å². The van der Waals surface area contributed by atoms with Gasteiger partial charge in [-0.1, -0.05) is 18.2 Å². The highest BCUT2D eigenvalue weighted by atomic mass is 32.2. The molecule has 154 valence electrons. The highest BCUT2D eigenvalue weighted by molar-refractivity contribution is 7.98. The zero-order valence-electron chi connectivity index (χ0n) is 17.4. The Kier molecular flexibility index (Phi) is 5.88. The molecule has 1 fully saturated rings. The van der Waals surface area contributed by atoms with Crippen molar-refractivity contribution in [2.24, 2.45) is 5.92 Å². The van der Waals surface area contributed by atoms with Gasteiger partial charge >= 0.3 is 0 Å². The van der Waals surface area contributed by atoms with Crippen molar-refractivity contribution in [1.29, 1.82) is 0 Å². The van der Waals surface area contributed by atoms with E-state index in [0.717, 1.165) is 25.0 Å². The van der Waals surface area contributed by atoms with E-state index < -0.39 is 0 Å². The Balaban J connectivity index is 1.34. The highest BCUT2D eigenvalue weighted by Crippen LogP contribution is 2.34. The van der Waals surface area contributed by atoms with Crippen LogP contribution in [-0.2, 0) is 16.0 Å². The largest absolute Gasteiger partial charge is 0.488 e. The number of amides is 1. The Morgan fingerprint density at radius 3 is 2.66 bits per heavy atom. The van der Waals surface area contributed by atoms with Gasteiger partial charge in [-0.3, -0.25) is 4.79 Å². The predicted molar refractivity (Wildman–Crippen MR) is 118 cm³/mol. The van der Waals surface area contributed by atoms with Crippen molar-refractivity contribution in [3.63, 3.8) is 0 Å². The van der Waals surface area contributed by atoms with Crippen LogP contribution in [-0.4, -0.2) is 37.0 Å². The predicted octanol–water partition coefficient (Wildman–Crippen LogP) is 4.70. The fourth-order valence-corrected chi connectivity index (χ4v) is 4.62. The molecule has 2 atom stereocenters. The summed E-state index contributed by atoms with van der Waals surface area (Å²) in [6.45, 7) is 5.30. The number of carbonyl (C=O) groups excluding carboxylic acids is 1. The van der Waals surface area contributed by atoms with Crippen molar-refractivity contribution in [3.8, 4) is 16.9 Å². The number of benzene rings is 2. The van der Waals surface area contributed by atoms with Gasteiger partial charge < -0.3 is 14.8 Å². The molecule has 4 nitrogen and oxygen atoms in total. The van der Waals surface area contributed by atoms with E-state index in [9.17, 15) is 4.79 Å². The van der Waals surface area contributed by atoms with Gasteiger partial charge in [0.15, 0.2) is 0 Å². The van der Waals surface area contributed by atoms with E-state index >= 15 is 0 Å². The molecule has 5 heteroatoms. The second-order valence-corrected chi connectivity index (χ2v) is 9.42. The molecule has 0 aromatic heterocycles. The van der Waals surface area contributed by atoms with E-state index in [0.29, 0.717) is 13.2 Å². The number of hydrogen-bond donors (Lipinski definition) is 1. The Bertz CT molecular complexity index is 878. The van der Waals surface area contributed by atoms with E-state index in [1.807, 2.05) is 0 Å². The van der Waals surface area contributed by atoms with E-state index in [-0.39, 0.29) is 23.5 Å². The maximum absolute atomic E-state index is 12.6. The quantitative estimate of drug-likeness (QED) is 0.725. The average Bonchev–Trinajstić information content (AvgIpc) is 3.13. The van der Waals surface area contributed by atoms with Crippen molar-refractivity contribution in [2.45, 2.75) is 49.7 Å². The van der Waals surface area contributed by atoms with Gasteiger partial charge in [-0.2, -0.15) is 0 Å². The zero-order chi connectivity index (χ0) is 20.4. The first kappa shape index (κ1) is 20.3. The molecular formula is C24H29NO3S. The number of rotatable bonds is 5. The maximum Gasteiger partial charge on any atom is 0.223 e. The molecule has 0 bridgehead atoms. The summed E-state index contributed by atoms with van der Waals surface area (Å²) in [5, 5.41) is 3.10. The topological polar surface area (TPSA) is 47.6 Å². The lowest BCUT2D eigenvalue weighted by Crippen LogP contribution is -2.43. The number of fused-ring (bicyclic) bond motifs is 1. The highest BCUT2D eigenvalue weighted by Gasteiger charge is 2.33. The minimum atomic E-state index is -0.217. The summed E-state index contributed by atoms with van der Waals surface area (Å²) in [7, 11) is 0. The van der Waals surface area contributed by atoms with Gasteiger partial charge in [0, 0.05) is 23.8 Å². The zero-order valence-corrected chi connectivity index (χ0v) is 18.2. The molecule has 2 aromatic carbocycles. The molecule has 4 rings (SSSR count). The summed E-state index contributed by atoms with van der Waals surface area (Å²) in [5.74, 6) is 1.08. The molecule has 1 N–H and O–H groups in total. The Hall–Kier alpha value is -1.98. The normalized spacial score (nSPS) is 22.6. The van der Waals surface area contributed by atoms with Crippen LogP contribution in [0.4, 0.5) is 0 Å².